The summed E-state index contributed by atoms with van der Waals surface area (Å²) >= 11 is 0. The third kappa shape index (κ3) is 6.26. The van der Waals surface area contributed by atoms with E-state index < -0.39 is 0 Å². The molecule has 0 saturated carbocycles. The van der Waals surface area contributed by atoms with Crippen molar-refractivity contribution in [2.75, 3.05) is 24.5 Å². The van der Waals surface area contributed by atoms with Gasteiger partial charge in [-0.05, 0) is 61.8 Å². The maximum Gasteiger partial charge on any atom is 0.252 e. The van der Waals surface area contributed by atoms with E-state index in [2.05, 4.69) is 65.2 Å². The van der Waals surface area contributed by atoms with E-state index >= 15 is 0 Å². The maximum atomic E-state index is 12.8. The minimum atomic E-state index is -0.120. The van der Waals surface area contributed by atoms with Gasteiger partial charge in [0.05, 0.1) is 17.3 Å². The molecule has 4 rings (SSSR count). The van der Waals surface area contributed by atoms with Gasteiger partial charge in [0.1, 0.15) is 5.82 Å². The molecule has 1 amide bonds. The summed E-state index contributed by atoms with van der Waals surface area (Å²) in [7, 11) is 0. The monoisotopic (exact) mass is 455 g/mol. The lowest BCUT2D eigenvalue weighted by Gasteiger charge is -2.36. The highest BCUT2D eigenvalue weighted by atomic mass is 16.1. The third-order valence-electron chi connectivity index (χ3n) is 6.17. The number of hydrogen-bond donors (Lipinski definition) is 2. The second-order valence-corrected chi connectivity index (χ2v) is 9.53. The molecule has 6 heteroatoms. The number of rotatable bonds is 6. The molecule has 34 heavy (non-hydrogen) atoms. The Kier molecular flexibility index (Phi) is 7.64. The number of piperidine rings is 1. The number of aromatic nitrogens is 3. The second kappa shape index (κ2) is 11.0. The highest BCUT2D eigenvalue weighted by Crippen LogP contribution is 2.27. The summed E-state index contributed by atoms with van der Waals surface area (Å²) in [5.74, 6) is 8.53. The Hall–Kier alpha value is -3.59. The summed E-state index contributed by atoms with van der Waals surface area (Å²) in [5.41, 5.74) is 4.63. The van der Waals surface area contributed by atoms with E-state index in [-0.39, 0.29) is 5.91 Å². The molecule has 1 aliphatic heterocycles. The van der Waals surface area contributed by atoms with Crippen molar-refractivity contribution in [3.63, 3.8) is 0 Å². The first-order valence-corrected chi connectivity index (χ1v) is 12.1. The number of H-pyrrole nitrogens is 1. The van der Waals surface area contributed by atoms with Gasteiger partial charge in [-0.15, -0.1) is 0 Å². The number of nitrogens with zero attached hydrogens (tertiary/aromatic N) is 3. The molecule has 2 N–H and O–H groups in total. The van der Waals surface area contributed by atoms with Crippen LogP contribution >= 0.6 is 0 Å². The normalized spacial score (nSPS) is 17.7. The van der Waals surface area contributed by atoms with Crippen molar-refractivity contribution >= 4 is 11.7 Å². The first-order valence-electron chi connectivity index (χ1n) is 12.1. The van der Waals surface area contributed by atoms with Crippen molar-refractivity contribution in [3.05, 3.63) is 76.7 Å². The number of amides is 1. The van der Waals surface area contributed by atoms with Crippen molar-refractivity contribution in [1.29, 1.82) is 0 Å². The predicted octanol–water partition coefficient (Wildman–Crippen LogP) is 4.36. The number of aromatic amines is 1. The Morgan fingerprint density at radius 1 is 1.15 bits per heavy atom. The number of carbonyl (C=O) groups excluding carboxylic acids is 1. The molecule has 1 aromatic carbocycles. The minimum Gasteiger partial charge on any atom is -0.355 e. The fourth-order valence-electron chi connectivity index (χ4n) is 4.55. The van der Waals surface area contributed by atoms with Crippen LogP contribution in [0.4, 0.5) is 5.82 Å². The highest BCUT2D eigenvalue weighted by molar-refractivity contribution is 5.94. The Labute approximate surface area is 202 Å². The predicted molar refractivity (Wildman–Crippen MR) is 136 cm³/mol. The van der Waals surface area contributed by atoms with Crippen LogP contribution in [0.2, 0.25) is 0 Å². The number of anilines is 1. The molecule has 2 unspecified atom stereocenters. The molecule has 3 heterocycles. The lowest BCUT2D eigenvalue weighted by Crippen LogP contribution is -2.39. The van der Waals surface area contributed by atoms with E-state index in [1.165, 1.54) is 12.0 Å². The fraction of sp³-hybridized carbons (Fsp3) is 0.393. The Bertz CT molecular complexity index is 1150. The molecule has 0 radical (unpaired) electrons. The molecular formula is C28H33N5O. The van der Waals surface area contributed by atoms with Crippen LogP contribution in [0.15, 0.2) is 48.9 Å². The Morgan fingerprint density at radius 2 is 1.91 bits per heavy atom. The zero-order valence-electron chi connectivity index (χ0n) is 20.3. The van der Waals surface area contributed by atoms with Crippen LogP contribution in [-0.2, 0) is 6.42 Å². The first kappa shape index (κ1) is 23.6. The van der Waals surface area contributed by atoms with E-state index in [0.717, 1.165) is 48.4 Å². The Balaban J connectivity index is 1.53. The summed E-state index contributed by atoms with van der Waals surface area (Å²) in [6.45, 7) is 9.13. The largest absolute Gasteiger partial charge is 0.355 e. The summed E-state index contributed by atoms with van der Waals surface area (Å²) in [6.07, 6.45) is 8.31. The number of nitrogens with one attached hydrogen (secondary N) is 2. The van der Waals surface area contributed by atoms with Crippen LogP contribution in [0.3, 0.4) is 0 Å². The third-order valence-corrected chi connectivity index (χ3v) is 6.17. The zero-order valence-corrected chi connectivity index (χ0v) is 20.3. The van der Waals surface area contributed by atoms with E-state index in [1.807, 2.05) is 30.6 Å². The van der Waals surface area contributed by atoms with Crippen LogP contribution in [0.1, 0.15) is 59.3 Å². The number of aryl methyl sites for hydroxylation is 2. The van der Waals surface area contributed by atoms with Crippen LogP contribution < -0.4 is 10.2 Å². The summed E-state index contributed by atoms with van der Waals surface area (Å²) in [6, 6.07) is 10.1. The number of pyridine rings is 1. The molecule has 0 spiro atoms. The average molecular weight is 456 g/mol. The highest BCUT2D eigenvalue weighted by Gasteiger charge is 2.24. The van der Waals surface area contributed by atoms with Gasteiger partial charge in [-0.3, -0.25) is 9.89 Å². The minimum absolute atomic E-state index is 0.120. The molecule has 3 aromatic rings. The van der Waals surface area contributed by atoms with Gasteiger partial charge in [-0.25, -0.2) is 4.98 Å². The van der Waals surface area contributed by atoms with Gasteiger partial charge in [0.15, 0.2) is 0 Å². The van der Waals surface area contributed by atoms with Crippen LogP contribution in [0.5, 0.6) is 0 Å². The summed E-state index contributed by atoms with van der Waals surface area (Å²) < 4.78 is 0. The summed E-state index contributed by atoms with van der Waals surface area (Å²) in [4.78, 5) is 19.9. The van der Waals surface area contributed by atoms with Crippen molar-refractivity contribution < 1.29 is 4.79 Å². The molecule has 1 aliphatic rings. The zero-order chi connectivity index (χ0) is 23.9. The van der Waals surface area contributed by atoms with Gasteiger partial charge in [0, 0.05) is 37.6 Å². The first-order chi connectivity index (χ1) is 16.5. The molecular weight excluding hydrogens is 422 g/mol. The SMILES string of the molecule is Cc1ccc(C#Cc2cc(C(=O)NCCCc3cn[nH]c3)cnc2N2CC(C)CC(C)C2)cc1. The van der Waals surface area contributed by atoms with Crippen molar-refractivity contribution in [1.82, 2.24) is 20.5 Å². The van der Waals surface area contributed by atoms with Gasteiger partial charge in [0.2, 0.25) is 0 Å². The Morgan fingerprint density at radius 3 is 2.62 bits per heavy atom. The fourth-order valence-corrected chi connectivity index (χ4v) is 4.55. The molecule has 1 fully saturated rings. The number of carbonyl (C=O) groups is 1. The van der Waals surface area contributed by atoms with Gasteiger partial charge in [0.25, 0.3) is 5.91 Å². The smallest absolute Gasteiger partial charge is 0.252 e. The number of benzene rings is 1. The molecule has 2 aromatic heterocycles. The second-order valence-electron chi connectivity index (χ2n) is 9.53. The van der Waals surface area contributed by atoms with E-state index in [4.69, 9.17) is 4.98 Å². The molecule has 2 atom stereocenters. The van der Waals surface area contributed by atoms with Crippen molar-refractivity contribution in [2.45, 2.75) is 40.0 Å². The van der Waals surface area contributed by atoms with Crippen molar-refractivity contribution in [3.8, 4) is 11.8 Å². The van der Waals surface area contributed by atoms with Gasteiger partial charge in [-0.1, -0.05) is 43.4 Å². The maximum absolute atomic E-state index is 12.8. The van der Waals surface area contributed by atoms with Crippen LogP contribution in [-0.4, -0.2) is 40.7 Å². The van der Waals surface area contributed by atoms with Gasteiger partial charge in [-0.2, -0.15) is 5.10 Å². The average Bonchev–Trinajstić information content (AvgIpc) is 3.34. The molecule has 1 saturated heterocycles. The van der Waals surface area contributed by atoms with Gasteiger partial charge < -0.3 is 10.2 Å². The van der Waals surface area contributed by atoms with Crippen molar-refractivity contribution in [2.24, 2.45) is 11.8 Å². The standard InChI is InChI=1S/C28H33N5O/c1-20-6-8-23(9-7-20)10-11-25-14-26(28(34)29-12-4-5-24-15-31-32-16-24)17-30-27(25)33-18-21(2)13-22(3)19-33/h6-9,14-17,21-22H,4-5,12-13,18-19H2,1-3H3,(H,29,34)(H,31,32). The van der Waals surface area contributed by atoms with E-state index in [0.29, 0.717) is 23.9 Å². The van der Waals surface area contributed by atoms with E-state index in [1.54, 1.807) is 6.20 Å². The van der Waals surface area contributed by atoms with Crippen LogP contribution in [0, 0.1) is 30.6 Å². The lowest BCUT2D eigenvalue weighted by molar-refractivity contribution is 0.0953. The van der Waals surface area contributed by atoms with Crippen LogP contribution in [0.25, 0.3) is 0 Å². The lowest BCUT2D eigenvalue weighted by atomic mass is 9.91. The quantitative estimate of drug-likeness (QED) is 0.428. The molecule has 6 nitrogen and oxygen atoms in total. The molecule has 0 bridgehead atoms. The van der Waals surface area contributed by atoms with Gasteiger partial charge >= 0.3 is 0 Å². The summed E-state index contributed by atoms with van der Waals surface area (Å²) in [5, 5.41) is 9.78. The molecule has 176 valence electrons. The van der Waals surface area contributed by atoms with E-state index in [9.17, 15) is 4.79 Å². The molecule has 0 aliphatic carbocycles. The number of hydrogen-bond acceptors (Lipinski definition) is 4. The topological polar surface area (TPSA) is 73.9 Å².